The van der Waals surface area contributed by atoms with E-state index in [0.29, 0.717) is 25.8 Å². The molecule has 0 aromatic carbocycles. The molecule has 0 aliphatic heterocycles. The second-order valence-corrected chi connectivity index (χ2v) is 11.6. The lowest BCUT2D eigenvalue weighted by atomic mass is 10.1. The minimum atomic E-state index is -1.61. The fourth-order valence-corrected chi connectivity index (χ4v) is 4.57. The largest absolute Gasteiger partial charge is 0.480 e. The monoisotopic (exact) mass is 730 g/mol. The Morgan fingerprint density at radius 1 is 0.471 bits per heavy atom. The molecule has 288 valence electrons. The Balaban J connectivity index is 4.81. The van der Waals surface area contributed by atoms with Gasteiger partial charge in [-0.3, -0.25) is 28.8 Å². The first kappa shape index (κ1) is 45.9. The van der Waals surface area contributed by atoms with Crippen molar-refractivity contribution in [2.75, 3.05) is 13.6 Å². The highest BCUT2D eigenvalue weighted by atomic mass is 16.4. The summed E-state index contributed by atoms with van der Waals surface area (Å²) >= 11 is 0. The highest BCUT2D eigenvalue weighted by Gasteiger charge is 2.27. The summed E-state index contributed by atoms with van der Waals surface area (Å²) < 4.78 is 0. The number of carbonyl (C=O) groups excluding carboxylic acids is 6. The third-order valence-corrected chi connectivity index (χ3v) is 7.58. The molecule has 5 unspecified atom stereocenters. The zero-order chi connectivity index (χ0) is 39.1. The number of aliphatic carboxylic acids is 4. The van der Waals surface area contributed by atoms with Gasteiger partial charge in [-0.05, 0) is 58.9 Å². The smallest absolute Gasteiger partial charge is 0.326 e. The summed E-state index contributed by atoms with van der Waals surface area (Å²) in [7, 11) is 1.67. The Kier molecular flexibility index (Phi) is 22.4. The van der Waals surface area contributed by atoms with Gasteiger partial charge in [-0.15, -0.1) is 0 Å². The van der Waals surface area contributed by atoms with Crippen LogP contribution in [0, 0.1) is 0 Å². The molecule has 0 fully saturated rings. The van der Waals surface area contributed by atoms with Crippen LogP contribution in [0.5, 0.6) is 0 Å². The van der Waals surface area contributed by atoms with Crippen LogP contribution in [-0.2, 0) is 47.9 Å². The summed E-state index contributed by atoms with van der Waals surface area (Å²) in [4.78, 5) is 118. The van der Waals surface area contributed by atoms with E-state index in [9.17, 15) is 68.4 Å². The van der Waals surface area contributed by atoms with Gasteiger partial charge in [0.2, 0.25) is 29.5 Å². The number of carbonyl (C=O) groups is 10. The van der Waals surface area contributed by atoms with E-state index in [1.165, 1.54) is 13.8 Å². The van der Waals surface area contributed by atoms with Gasteiger partial charge in [-0.1, -0.05) is 6.92 Å². The minimum absolute atomic E-state index is 0.00241. The molecule has 20 heteroatoms. The molecule has 20 nitrogen and oxygen atoms in total. The molecule has 0 rings (SSSR count). The van der Waals surface area contributed by atoms with Crippen molar-refractivity contribution in [2.24, 2.45) is 0 Å². The Labute approximate surface area is 294 Å². The van der Waals surface area contributed by atoms with Crippen molar-refractivity contribution in [1.29, 1.82) is 0 Å². The second-order valence-electron chi connectivity index (χ2n) is 11.6. The molecule has 51 heavy (non-hydrogen) atoms. The summed E-state index contributed by atoms with van der Waals surface area (Å²) in [5.41, 5.74) is 0. The van der Waals surface area contributed by atoms with E-state index in [2.05, 4.69) is 31.9 Å². The van der Waals surface area contributed by atoms with E-state index in [4.69, 9.17) is 0 Å². The van der Waals surface area contributed by atoms with Gasteiger partial charge in [0, 0.05) is 38.6 Å². The molecule has 0 aliphatic carbocycles. The minimum Gasteiger partial charge on any atom is -0.480 e. The molecule has 5 amide bonds. The van der Waals surface area contributed by atoms with Crippen molar-refractivity contribution in [1.82, 2.24) is 31.9 Å². The molecule has 0 bridgehead atoms. The molecule has 0 aliphatic rings. The summed E-state index contributed by atoms with van der Waals surface area (Å²) in [5.74, 6) is -9.53. The second kappa shape index (κ2) is 24.9. The molecule has 5 atom stereocenters. The lowest BCUT2D eigenvalue weighted by Crippen LogP contribution is -2.45. The van der Waals surface area contributed by atoms with E-state index in [1.807, 2.05) is 0 Å². The Bertz CT molecular complexity index is 1260. The Morgan fingerprint density at radius 2 is 0.804 bits per heavy atom. The SMILES string of the molecule is CCC(=O)NC(CCC(=O)NC(CCC(=O)NC(CCC(=O)NC(CCC(=O)NCCCCC(NC)C(C)=O)C(=O)O)C(=O)O)C(=O)O)C(=O)O. The number of hydrogen-bond acceptors (Lipinski definition) is 11. The lowest BCUT2D eigenvalue weighted by molar-refractivity contribution is -0.144. The van der Waals surface area contributed by atoms with Crippen molar-refractivity contribution in [3.63, 3.8) is 0 Å². The molecule has 0 spiro atoms. The van der Waals surface area contributed by atoms with Crippen LogP contribution in [-0.4, -0.2) is 123 Å². The van der Waals surface area contributed by atoms with Gasteiger partial charge in [0.1, 0.15) is 30.0 Å². The van der Waals surface area contributed by atoms with Gasteiger partial charge in [-0.2, -0.15) is 0 Å². The number of unbranched alkanes of at least 4 members (excludes halogenated alkanes) is 1. The zero-order valence-corrected chi connectivity index (χ0v) is 29.0. The first-order chi connectivity index (χ1) is 23.9. The normalized spacial score (nSPS) is 13.6. The third-order valence-electron chi connectivity index (χ3n) is 7.58. The van der Waals surface area contributed by atoms with Crippen LogP contribution in [0.25, 0.3) is 0 Å². The molecular formula is C31H50N6O14. The molecular weight excluding hydrogens is 680 g/mol. The average Bonchev–Trinajstić information content (AvgIpc) is 3.05. The van der Waals surface area contributed by atoms with Crippen LogP contribution in [0.3, 0.4) is 0 Å². The van der Waals surface area contributed by atoms with Crippen molar-refractivity contribution >= 4 is 59.2 Å². The zero-order valence-electron chi connectivity index (χ0n) is 29.0. The molecule has 0 saturated carbocycles. The summed E-state index contributed by atoms with van der Waals surface area (Å²) in [6.07, 6.45) is -1.44. The highest BCUT2D eigenvalue weighted by Crippen LogP contribution is 2.07. The molecule has 0 saturated heterocycles. The van der Waals surface area contributed by atoms with E-state index in [0.717, 1.165) is 0 Å². The molecule has 0 aromatic heterocycles. The topological polar surface area (TPSA) is 324 Å². The number of likely N-dealkylation sites (N-methyl/N-ethyl adjacent to an activating group) is 1. The fraction of sp³-hybridized carbons (Fsp3) is 0.677. The Morgan fingerprint density at radius 3 is 1.10 bits per heavy atom. The first-order valence-corrected chi connectivity index (χ1v) is 16.4. The van der Waals surface area contributed by atoms with Crippen LogP contribution in [0.4, 0.5) is 0 Å². The summed E-state index contributed by atoms with van der Waals surface area (Å²) in [6, 6.07) is -6.32. The van der Waals surface area contributed by atoms with E-state index < -0.39 is 110 Å². The highest BCUT2D eigenvalue weighted by molar-refractivity contribution is 5.88. The average molecular weight is 731 g/mol. The van der Waals surface area contributed by atoms with Crippen molar-refractivity contribution < 1.29 is 68.4 Å². The van der Waals surface area contributed by atoms with Crippen molar-refractivity contribution in [3.8, 4) is 0 Å². The van der Waals surface area contributed by atoms with E-state index >= 15 is 0 Å². The van der Waals surface area contributed by atoms with Crippen LogP contribution in [0.1, 0.15) is 90.9 Å². The standard InChI is InChI=1S/C31H50N6O14/c1-4-23(39)34-19(28(44)45)9-13-25(41)36-21(30(48)49)11-15-27(43)37-22(31(50)51)10-14-26(42)35-20(29(46)47)8-12-24(40)33-16-6-5-7-18(32-3)17(2)38/h18-22,32H,4-16H2,1-3H3,(H,33,40)(H,34,39)(H,35,42)(H,36,41)(H,37,43)(H,44,45)(H,46,47)(H,48,49)(H,50,51). The summed E-state index contributed by atoms with van der Waals surface area (Å²) in [6.45, 7) is 3.28. The predicted molar refractivity (Wildman–Crippen MR) is 176 cm³/mol. The van der Waals surface area contributed by atoms with Crippen LogP contribution < -0.4 is 31.9 Å². The van der Waals surface area contributed by atoms with Crippen molar-refractivity contribution in [3.05, 3.63) is 0 Å². The number of amides is 5. The molecule has 10 N–H and O–H groups in total. The Hall–Kier alpha value is -5.14. The van der Waals surface area contributed by atoms with Crippen LogP contribution in [0.15, 0.2) is 0 Å². The number of hydrogen-bond donors (Lipinski definition) is 10. The molecule has 0 heterocycles. The summed E-state index contributed by atoms with van der Waals surface area (Å²) in [5, 5.41) is 51.8. The number of Topliss-reactive ketones (excluding diaryl/α,β-unsaturated/α-hetero) is 1. The first-order valence-electron chi connectivity index (χ1n) is 16.4. The number of carboxylic acids is 4. The van der Waals surface area contributed by atoms with Gasteiger partial charge in [0.15, 0.2) is 0 Å². The lowest BCUT2D eigenvalue weighted by Gasteiger charge is -2.18. The van der Waals surface area contributed by atoms with Gasteiger partial charge in [-0.25, -0.2) is 19.2 Å². The number of carboxylic acid groups (broad SMARTS) is 4. The fourth-order valence-electron chi connectivity index (χ4n) is 4.57. The predicted octanol–water partition coefficient (Wildman–Crippen LogP) is -1.74. The number of nitrogens with one attached hydrogen (secondary N) is 6. The maximum atomic E-state index is 12.4. The van der Waals surface area contributed by atoms with E-state index in [1.54, 1.807) is 7.05 Å². The number of rotatable bonds is 28. The quantitative estimate of drug-likeness (QED) is 0.0400. The molecule has 0 aromatic rings. The van der Waals surface area contributed by atoms with Gasteiger partial charge >= 0.3 is 23.9 Å². The van der Waals surface area contributed by atoms with Gasteiger partial charge in [0.25, 0.3) is 0 Å². The van der Waals surface area contributed by atoms with Crippen molar-refractivity contribution in [2.45, 2.75) is 121 Å². The van der Waals surface area contributed by atoms with Crippen LogP contribution in [0.2, 0.25) is 0 Å². The maximum absolute atomic E-state index is 12.4. The van der Waals surface area contributed by atoms with Crippen LogP contribution >= 0.6 is 0 Å². The number of ketones is 1. The van der Waals surface area contributed by atoms with E-state index in [-0.39, 0.29) is 37.5 Å². The van der Waals surface area contributed by atoms with Gasteiger partial charge < -0.3 is 52.3 Å². The van der Waals surface area contributed by atoms with Gasteiger partial charge in [0.05, 0.1) is 6.04 Å². The molecule has 0 radical (unpaired) electrons. The maximum Gasteiger partial charge on any atom is 0.326 e. The third kappa shape index (κ3) is 20.9.